The lowest BCUT2D eigenvalue weighted by Gasteiger charge is -1.99. The van der Waals surface area contributed by atoms with Gasteiger partial charge in [0.2, 0.25) is 0 Å². The summed E-state index contributed by atoms with van der Waals surface area (Å²) in [7, 11) is 1.71. The van der Waals surface area contributed by atoms with E-state index in [1.807, 2.05) is 0 Å². The zero-order valence-electron chi connectivity index (χ0n) is 6.12. The minimum Gasteiger partial charge on any atom is -0.380 e. The fourth-order valence-corrected chi connectivity index (χ4v) is 0.361. The highest BCUT2D eigenvalue weighted by atomic mass is 16.5. The number of hydrogen-bond acceptors (Lipinski definition) is 1. The van der Waals surface area contributed by atoms with Gasteiger partial charge in [0.15, 0.2) is 0 Å². The summed E-state index contributed by atoms with van der Waals surface area (Å²) in [4.78, 5) is 0. The summed E-state index contributed by atoms with van der Waals surface area (Å²) < 4.78 is 4.91. The fraction of sp³-hybridized carbons (Fsp3) is 0.714. The molecule has 0 saturated carbocycles. The predicted molar refractivity (Wildman–Crippen MR) is 35.9 cm³/mol. The Hall–Kier alpha value is -0.300. The molecule has 8 heavy (non-hydrogen) atoms. The zero-order valence-corrected chi connectivity index (χ0v) is 6.12. The van der Waals surface area contributed by atoms with Gasteiger partial charge in [-0.1, -0.05) is 5.57 Å². The molecule has 0 aromatic carbocycles. The first-order valence-corrected chi connectivity index (χ1v) is 2.80. The Morgan fingerprint density at radius 1 is 1.25 bits per heavy atom. The van der Waals surface area contributed by atoms with Gasteiger partial charge in [0, 0.05) is 7.11 Å². The molecule has 1 heteroatoms. The highest BCUT2D eigenvalue weighted by Crippen LogP contribution is 2.00. The third kappa shape index (κ3) is 2.80. The lowest BCUT2D eigenvalue weighted by molar-refractivity contribution is 0.225. The summed E-state index contributed by atoms with van der Waals surface area (Å²) in [5.41, 5.74) is 2.68. The second kappa shape index (κ2) is 3.67. The maximum absolute atomic E-state index is 4.91. The molecule has 0 amide bonds. The SMILES string of the molecule is COCC(C)=C(C)C. The molecule has 0 aliphatic heterocycles. The van der Waals surface area contributed by atoms with E-state index < -0.39 is 0 Å². The van der Waals surface area contributed by atoms with Gasteiger partial charge >= 0.3 is 0 Å². The van der Waals surface area contributed by atoms with Crippen LogP contribution in [0.15, 0.2) is 11.1 Å². The molecule has 0 atom stereocenters. The van der Waals surface area contributed by atoms with Crippen molar-refractivity contribution >= 4 is 0 Å². The van der Waals surface area contributed by atoms with Crippen molar-refractivity contribution in [1.29, 1.82) is 0 Å². The van der Waals surface area contributed by atoms with Crippen molar-refractivity contribution in [2.24, 2.45) is 0 Å². The van der Waals surface area contributed by atoms with E-state index in [1.165, 1.54) is 11.1 Å². The molecule has 0 heterocycles. The molecule has 0 aliphatic rings. The van der Waals surface area contributed by atoms with Crippen LogP contribution >= 0.6 is 0 Å². The summed E-state index contributed by atoms with van der Waals surface area (Å²) in [5.74, 6) is 0. The Kier molecular flexibility index (Phi) is 3.53. The normalized spacial score (nSPS) is 9.00. The van der Waals surface area contributed by atoms with E-state index >= 15 is 0 Å². The minimum atomic E-state index is 0.766. The molecule has 0 bridgehead atoms. The van der Waals surface area contributed by atoms with Crippen molar-refractivity contribution in [3.05, 3.63) is 11.1 Å². The highest BCUT2D eigenvalue weighted by molar-refractivity contribution is 5.06. The Bertz CT molecular complexity index is 88.6. The van der Waals surface area contributed by atoms with E-state index in [2.05, 4.69) is 20.8 Å². The molecule has 0 aromatic heterocycles. The molecule has 0 N–H and O–H groups in total. The molecular formula is C7H14O. The molecule has 0 aromatic rings. The lowest BCUT2D eigenvalue weighted by Crippen LogP contribution is -1.90. The van der Waals surface area contributed by atoms with Gasteiger partial charge in [-0.05, 0) is 26.3 Å². The van der Waals surface area contributed by atoms with E-state index in [-0.39, 0.29) is 0 Å². The van der Waals surface area contributed by atoms with Crippen molar-refractivity contribution in [2.75, 3.05) is 13.7 Å². The van der Waals surface area contributed by atoms with Crippen LogP contribution in [0.2, 0.25) is 0 Å². The van der Waals surface area contributed by atoms with E-state index in [4.69, 9.17) is 4.74 Å². The monoisotopic (exact) mass is 114 g/mol. The quantitative estimate of drug-likeness (QED) is 0.499. The number of hydrogen-bond donors (Lipinski definition) is 0. The van der Waals surface area contributed by atoms with Crippen molar-refractivity contribution in [3.63, 3.8) is 0 Å². The summed E-state index contributed by atoms with van der Waals surface area (Å²) in [6.07, 6.45) is 0. The van der Waals surface area contributed by atoms with E-state index in [1.54, 1.807) is 7.11 Å². The van der Waals surface area contributed by atoms with Gasteiger partial charge in [-0.15, -0.1) is 0 Å². The Morgan fingerprint density at radius 3 is 1.88 bits per heavy atom. The number of allylic oxidation sites excluding steroid dienone is 1. The maximum atomic E-state index is 4.91. The van der Waals surface area contributed by atoms with E-state index in [0.717, 1.165) is 6.61 Å². The molecule has 0 radical (unpaired) electrons. The van der Waals surface area contributed by atoms with Gasteiger partial charge < -0.3 is 4.74 Å². The van der Waals surface area contributed by atoms with Crippen molar-refractivity contribution in [2.45, 2.75) is 20.8 Å². The van der Waals surface area contributed by atoms with Crippen molar-refractivity contribution in [3.8, 4) is 0 Å². The van der Waals surface area contributed by atoms with Crippen LogP contribution in [0, 0.1) is 0 Å². The van der Waals surface area contributed by atoms with Gasteiger partial charge in [0.1, 0.15) is 0 Å². The topological polar surface area (TPSA) is 9.23 Å². The van der Waals surface area contributed by atoms with Gasteiger partial charge in [-0.2, -0.15) is 0 Å². The van der Waals surface area contributed by atoms with Crippen LogP contribution in [0.1, 0.15) is 20.8 Å². The van der Waals surface area contributed by atoms with Crippen LogP contribution in [-0.4, -0.2) is 13.7 Å². The Labute approximate surface area is 51.4 Å². The molecular weight excluding hydrogens is 100 g/mol. The third-order valence-electron chi connectivity index (χ3n) is 1.21. The maximum Gasteiger partial charge on any atom is 0.0672 e. The molecule has 48 valence electrons. The highest BCUT2D eigenvalue weighted by Gasteiger charge is 1.87. The fourth-order valence-electron chi connectivity index (χ4n) is 0.361. The second-order valence-corrected chi connectivity index (χ2v) is 2.21. The summed E-state index contributed by atoms with van der Waals surface area (Å²) >= 11 is 0. The average molecular weight is 114 g/mol. The van der Waals surface area contributed by atoms with Gasteiger partial charge in [0.05, 0.1) is 6.61 Å². The van der Waals surface area contributed by atoms with Gasteiger partial charge in [-0.25, -0.2) is 0 Å². The van der Waals surface area contributed by atoms with Crippen LogP contribution < -0.4 is 0 Å². The molecule has 0 spiro atoms. The smallest absolute Gasteiger partial charge is 0.0672 e. The largest absolute Gasteiger partial charge is 0.380 e. The van der Waals surface area contributed by atoms with Gasteiger partial charge in [0.25, 0.3) is 0 Å². The zero-order chi connectivity index (χ0) is 6.57. The average Bonchev–Trinajstić information content (AvgIpc) is 1.67. The molecule has 0 rings (SSSR count). The Morgan fingerprint density at radius 2 is 1.75 bits per heavy atom. The third-order valence-corrected chi connectivity index (χ3v) is 1.21. The summed E-state index contributed by atoms with van der Waals surface area (Å²) in [6.45, 7) is 7.03. The molecule has 0 fully saturated rings. The van der Waals surface area contributed by atoms with Crippen molar-refractivity contribution < 1.29 is 4.74 Å². The number of ether oxygens (including phenoxy) is 1. The van der Waals surface area contributed by atoms with E-state index in [9.17, 15) is 0 Å². The molecule has 0 unspecified atom stereocenters. The first-order chi connectivity index (χ1) is 3.68. The number of rotatable bonds is 2. The standard InChI is InChI=1S/C7H14O/c1-6(2)7(3)5-8-4/h5H2,1-4H3. The lowest BCUT2D eigenvalue weighted by atomic mass is 10.2. The van der Waals surface area contributed by atoms with Crippen LogP contribution in [0.4, 0.5) is 0 Å². The van der Waals surface area contributed by atoms with E-state index in [0.29, 0.717) is 0 Å². The molecule has 1 nitrogen and oxygen atoms in total. The first-order valence-electron chi connectivity index (χ1n) is 2.80. The Balaban J connectivity index is 3.62. The van der Waals surface area contributed by atoms with Crippen LogP contribution in [-0.2, 0) is 4.74 Å². The second-order valence-electron chi connectivity index (χ2n) is 2.21. The predicted octanol–water partition coefficient (Wildman–Crippen LogP) is 1.99. The van der Waals surface area contributed by atoms with Crippen molar-refractivity contribution in [1.82, 2.24) is 0 Å². The summed E-state index contributed by atoms with van der Waals surface area (Å²) in [5, 5.41) is 0. The van der Waals surface area contributed by atoms with Crippen LogP contribution in [0.25, 0.3) is 0 Å². The molecule has 0 aliphatic carbocycles. The minimum absolute atomic E-state index is 0.766. The van der Waals surface area contributed by atoms with Gasteiger partial charge in [-0.3, -0.25) is 0 Å². The van der Waals surface area contributed by atoms with Crippen LogP contribution in [0.3, 0.4) is 0 Å². The molecule has 0 saturated heterocycles. The number of methoxy groups -OCH3 is 1. The summed E-state index contributed by atoms with van der Waals surface area (Å²) in [6, 6.07) is 0. The first kappa shape index (κ1) is 7.70. The van der Waals surface area contributed by atoms with Crippen LogP contribution in [0.5, 0.6) is 0 Å².